The third-order valence-corrected chi connectivity index (χ3v) is 5.45. The van der Waals surface area contributed by atoms with Crippen molar-refractivity contribution in [3.05, 3.63) is 65.2 Å². The van der Waals surface area contributed by atoms with Crippen LogP contribution >= 0.6 is 0 Å². The Bertz CT molecular complexity index is 809. The number of para-hydroxylation sites is 1. The maximum absolute atomic E-state index is 12.7. The summed E-state index contributed by atoms with van der Waals surface area (Å²) in [5, 5.41) is 3.04. The van der Waals surface area contributed by atoms with Gasteiger partial charge in [-0.25, -0.2) is 0 Å². The van der Waals surface area contributed by atoms with Crippen LogP contribution in [-0.2, 0) is 17.6 Å². The van der Waals surface area contributed by atoms with Gasteiger partial charge in [0.1, 0.15) is 0 Å². The maximum atomic E-state index is 12.7. The molecule has 1 aliphatic heterocycles. The highest BCUT2D eigenvalue weighted by molar-refractivity contribution is 5.94. The minimum absolute atomic E-state index is 0.0332. The van der Waals surface area contributed by atoms with Gasteiger partial charge in [-0.1, -0.05) is 44.2 Å². The first-order valence-electron chi connectivity index (χ1n) is 10.2. The van der Waals surface area contributed by atoms with Crippen LogP contribution in [0.4, 0.5) is 5.69 Å². The number of hydrogen-bond donors (Lipinski definition) is 2. The van der Waals surface area contributed by atoms with E-state index < -0.39 is 0 Å². The van der Waals surface area contributed by atoms with Crippen LogP contribution in [-0.4, -0.2) is 49.4 Å². The summed E-state index contributed by atoms with van der Waals surface area (Å²) in [6.45, 7) is 7.58. The molecule has 2 amide bonds. The number of benzene rings is 2. The van der Waals surface area contributed by atoms with Gasteiger partial charge in [0, 0.05) is 11.3 Å². The van der Waals surface area contributed by atoms with Gasteiger partial charge in [-0.2, -0.15) is 0 Å². The van der Waals surface area contributed by atoms with E-state index in [4.69, 9.17) is 0 Å². The van der Waals surface area contributed by atoms with E-state index in [-0.39, 0.29) is 11.8 Å². The summed E-state index contributed by atoms with van der Waals surface area (Å²) >= 11 is 0. The lowest BCUT2D eigenvalue weighted by molar-refractivity contribution is -0.895. The largest absolute Gasteiger partial charge is 0.327 e. The second-order valence-corrected chi connectivity index (χ2v) is 7.33. The Balaban J connectivity index is 1.49. The zero-order chi connectivity index (χ0) is 19.9. The Morgan fingerprint density at radius 1 is 0.964 bits per heavy atom. The van der Waals surface area contributed by atoms with E-state index in [0.29, 0.717) is 19.6 Å². The molecule has 0 unspecified atom stereocenters. The predicted molar refractivity (Wildman–Crippen MR) is 112 cm³/mol. The van der Waals surface area contributed by atoms with Gasteiger partial charge in [-0.15, -0.1) is 0 Å². The van der Waals surface area contributed by atoms with Crippen molar-refractivity contribution >= 4 is 17.5 Å². The van der Waals surface area contributed by atoms with E-state index >= 15 is 0 Å². The molecule has 5 nitrogen and oxygen atoms in total. The predicted octanol–water partition coefficient (Wildman–Crippen LogP) is 1.79. The van der Waals surface area contributed by atoms with Crippen molar-refractivity contribution < 1.29 is 14.5 Å². The lowest BCUT2D eigenvalue weighted by Crippen LogP contribution is -3.15. The van der Waals surface area contributed by atoms with Gasteiger partial charge in [0.15, 0.2) is 6.54 Å². The van der Waals surface area contributed by atoms with E-state index in [9.17, 15) is 9.59 Å². The lowest BCUT2D eigenvalue weighted by atomic mass is 10.1. The van der Waals surface area contributed by atoms with Crippen molar-refractivity contribution in [2.45, 2.75) is 26.7 Å². The Morgan fingerprint density at radius 2 is 1.64 bits per heavy atom. The Kier molecular flexibility index (Phi) is 6.82. The molecular weight excluding hydrogens is 350 g/mol. The first kappa shape index (κ1) is 20.1. The molecule has 148 valence electrons. The number of amides is 2. The fraction of sp³-hybridized carbons (Fsp3) is 0.391. The van der Waals surface area contributed by atoms with Crippen LogP contribution < -0.4 is 10.2 Å². The molecule has 2 N–H and O–H groups in total. The highest BCUT2D eigenvalue weighted by Gasteiger charge is 2.26. The van der Waals surface area contributed by atoms with Crippen LogP contribution in [0.15, 0.2) is 48.5 Å². The standard InChI is InChI=1S/C23H29N3O2/c1-3-18-9-11-20(12-10-18)23(28)26-15-13-25(14-16-26)17-22(27)24-21-8-6-5-7-19(21)4-2/h5-12H,3-4,13-17H2,1-2H3,(H,24,27)/p+1. The summed E-state index contributed by atoms with van der Waals surface area (Å²) in [6.07, 6.45) is 1.87. The molecule has 1 saturated heterocycles. The van der Waals surface area contributed by atoms with Gasteiger partial charge < -0.3 is 15.1 Å². The molecular formula is C23H30N3O2+. The minimum Gasteiger partial charge on any atom is -0.327 e. The highest BCUT2D eigenvalue weighted by atomic mass is 16.2. The minimum atomic E-state index is 0.0332. The number of nitrogens with zero attached hydrogens (tertiary/aromatic N) is 1. The summed E-state index contributed by atoms with van der Waals surface area (Å²) in [6, 6.07) is 15.8. The molecule has 28 heavy (non-hydrogen) atoms. The van der Waals surface area contributed by atoms with Crippen molar-refractivity contribution in [3.63, 3.8) is 0 Å². The molecule has 3 rings (SSSR count). The fourth-order valence-corrected chi connectivity index (χ4v) is 3.64. The third kappa shape index (κ3) is 4.98. The van der Waals surface area contributed by atoms with Crippen LogP contribution in [0.3, 0.4) is 0 Å². The smallest absolute Gasteiger partial charge is 0.279 e. The van der Waals surface area contributed by atoms with Crippen molar-refractivity contribution in [1.82, 2.24) is 4.90 Å². The van der Waals surface area contributed by atoms with Gasteiger partial charge in [-0.05, 0) is 42.2 Å². The van der Waals surface area contributed by atoms with E-state index in [2.05, 4.69) is 19.2 Å². The Hall–Kier alpha value is -2.66. The average molecular weight is 381 g/mol. The van der Waals surface area contributed by atoms with Crippen molar-refractivity contribution in [3.8, 4) is 0 Å². The number of carbonyl (C=O) groups is 2. The molecule has 0 aliphatic carbocycles. The molecule has 0 radical (unpaired) electrons. The van der Waals surface area contributed by atoms with Gasteiger partial charge in [0.25, 0.3) is 11.8 Å². The molecule has 0 atom stereocenters. The van der Waals surface area contributed by atoms with Crippen LogP contribution in [0.2, 0.25) is 0 Å². The molecule has 1 heterocycles. The number of rotatable bonds is 6. The Morgan fingerprint density at radius 3 is 2.29 bits per heavy atom. The summed E-state index contributed by atoms with van der Waals surface area (Å²) in [4.78, 5) is 28.2. The molecule has 2 aromatic carbocycles. The molecule has 0 aromatic heterocycles. The SMILES string of the molecule is CCc1ccc(C(=O)N2CC[NH+](CC(=O)Nc3ccccc3CC)CC2)cc1. The topological polar surface area (TPSA) is 53.9 Å². The number of aryl methyl sites for hydroxylation is 2. The van der Waals surface area contributed by atoms with Gasteiger partial charge in [0.2, 0.25) is 0 Å². The molecule has 1 fully saturated rings. The van der Waals surface area contributed by atoms with Crippen LogP contribution in [0, 0.1) is 0 Å². The van der Waals surface area contributed by atoms with Gasteiger partial charge in [-0.3, -0.25) is 9.59 Å². The quantitative estimate of drug-likeness (QED) is 0.803. The number of anilines is 1. The van der Waals surface area contributed by atoms with Crippen molar-refractivity contribution in [1.29, 1.82) is 0 Å². The lowest BCUT2D eigenvalue weighted by Gasteiger charge is -2.32. The highest BCUT2D eigenvalue weighted by Crippen LogP contribution is 2.15. The van der Waals surface area contributed by atoms with E-state index in [1.54, 1.807) is 0 Å². The number of nitrogens with one attached hydrogen (secondary N) is 2. The molecule has 0 saturated carbocycles. The maximum Gasteiger partial charge on any atom is 0.279 e. The second-order valence-electron chi connectivity index (χ2n) is 7.33. The van der Waals surface area contributed by atoms with Crippen molar-refractivity contribution in [2.24, 2.45) is 0 Å². The van der Waals surface area contributed by atoms with Crippen molar-refractivity contribution in [2.75, 3.05) is 38.0 Å². The average Bonchev–Trinajstić information content (AvgIpc) is 2.74. The summed E-state index contributed by atoms with van der Waals surface area (Å²) < 4.78 is 0. The van der Waals surface area contributed by atoms with E-state index in [1.165, 1.54) is 10.5 Å². The van der Waals surface area contributed by atoms with Gasteiger partial charge >= 0.3 is 0 Å². The number of quaternary nitrogens is 1. The number of hydrogen-bond acceptors (Lipinski definition) is 2. The molecule has 1 aliphatic rings. The van der Waals surface area contributed by atoms with E-state index in [0.717, 1.165) is 42.7 Å². The normalized spacial score (nSPS) is 14.7. The first-order chi connectivity index (χ1) is 13.6. The third-order valence-electron chi connectivity index (χ3n) is 5.45. The van der Waals surface area contributed by atoms with Crippen LogP contribution in [0.1, 0.15) is 35.3 Å². The van der Waals surface area contributed by atoms with E-state index in [1.807, 2.05) is 53.4 Å². The monoisotopic (exact) mass is 380 g/mol. The molecule has 0 bridgehead atoms. The van der Waals surface area contributed by atoms with Crippen LogP contribution in [0.5, 0.6) is 0 Å². The second kappa shape index (κ2) is 9.51. The summed E-state index contributed by atoms with van der Waals surface area (Å²) in [5.41, 5.74) is 4.03. The molecule has 2 aromatic rings. The van der Waals surface area contributed by atoms with Gasteiger partial charge in [0.05, 0.1) is 26.2 Å². The number of carbonyl (C=O) groups excluding carboxylic acids is 2. The molecule has 0 spiro atoms. The zero-order valence-corrected chi connectivity index (χ0v) is 16.8. The fourth-order valence-electron chi connectivity index (χ4n) is 3.64. The molecule has 5 heteroatoms. The number of piperazine rings is 1. The first-order valence-corrected chi connectivity index (χ1v) is 10.2. The van der Waals surface area contributed by atoms with Crippen LogP contribution in [0.25, 0.3) is 0 Å². The summed E-state index contributed by atoms with van der Waals surface area (Å²) in [5.74, 6) is 0.119. The summed E-state index contributed by atoms with van der Waals surface area (Å²) in [7, 11) is 0. The Labute approximate surface area is 167 Å². The zero-order valence-electron chi connectivity index (χ0n) is 16.8.